The molecule has 182 valence electrons. The molecule has 1 N–H and O–H groups in total. The largest absolute Gasteiger partial charge is 0.508 e. The van der Waals surface area contributed by atoms with Gasteiger partial charge in [0, 0.05) is 26.5 Å². The van der Waals surface area contributed by atoms with Crippen molar-refractivity contribution in [3.63, 3.8) is 0 Å². The fourth-order valence-electron chi connectivity index (χ4n) is 4.06. The van der Waals surface area contributed by atoms with Crippen LogP contribution in [-0.4, -0.2) is 22.9 Å². The van der Waals surface area contributed by atoms with Gasteiger partial charge < -0.3 is 5.11 Å². The number of thiophene rings is 1. The van der Waals surface area contributed by atoms with Gasteiger partial charge in [0.2, 0.25) is 0 Å². The van der Waals surface area contributed by atoms with Crippen molar-refractivity contribution in [1.29, 1.82) is 10.5 Å². The Kier molecular flexibility index (Phi) is 5.98. The van der Waals surface area contributed by atoms with Gasteiger partial charge in [-0.1, -0.05) is 42.5 Å². The maximum Gasteiger partial charge on any atom is 0.380 e. The van der Waals surface area contributed by atoms with E-state index in [-0.39, 0.29) is 16.2 Å². The summed E-state index contributed by atoms with van der Waals surface area (Å²) < 4.78 is 90.9. The van der Waals surface area contributed by atoms with Crippen LogP contribution in [0.1, 0.15) is 16.0 Å². The lowest BCUT2D eigenvalue weighted by molar-refractivity contribution is -0.258. The van der Waals surface area contributed by atoms with E-state index in [9.17, 15) is 24.4 Å². The van der Waals surface area contributed by atoms with Gasteiger partial charge in [-0.25, -0.2) is 0 Å². The highest BCUT2D eigenvalue weighted by Crippen LogP contribution is 2.65. The Labute approximate surface area is 205 Å². The van der Waals surface area contributed by atoms with Crippen molar-refractivity contribution >= 4 is 22.5 Å². The second-order valence-corrected chi connectivity index (χ2v) is 9.20. The van der Waals surface area contributed by atoms with Gasteiger partial charge in [0.15, 0.2) is 0 Å². The summed E-state index contributed by atoms with van der Waals surface area (Å²) in [7, 11) is 0. The molecule has 4 rings (SSSR count). The third-order valence-corrected chi connectivity index (χ3v) is 6.89. The minimum Gasteiger partial charge on any atom is -0.508 e. The van der Waals surface area contributed by atoms with Crippen LogP contribution in [0.3, 0.4) is 0 Å². The van der Waals surface area contributed by atoms with E-state index in [1.54, 1.807) is 30.3 Å². The van der Waals surface area contributed by atoms with Gasteiger partial charge in [-0.05, 0) is 41.8 Å². The van der Waals surface area contributed by atoms with Crippen molar-refractivity contribution in [2.75, 3.05) is 0 Å². The van der Waals surface area contributed by atoms with Gasteiger partial charge >= 0.3 is 17.8 Å². The zero-order valence-corrected chi connectivity index (χ0v) is 19.1. The Morgan fingerprint density at radius 1 is 0.861 bits per heavy atom. The van der Waals surface area contributed by atoms with Gasteiger partial charge in [-0.15, -0.1) is 11.3 Å². The Hall–Kier alpha value is -4.02. The highest BCUT2D eigenvalue weighted by Gasteiger charge is 2.80. The number of rotatable bonds is 4. The molecule has 0 bridgehead atoms. The van der Waals surface area contributed by atoms with E-state index in [2.05, 4.69) is 0 Å². The molecule has 1 aromatic heterocycles. The average molecular weight is 516 g/mol. The van der Waals surface area contributed by atoms with Crippen molar-refractivity contribution < 1.29 is 31.4 Å². The highest BCUT2D eigenvalue weighted by molar-refractivity contribution is 7.15. The molecule has 36 heavy (non-hydrogen) atoms. The van der Waals surface area contributed by atoms with Crippen molar-refractivity contribution in [3.05, 3.63) is 87.8 Å². The topological polar surface area (TPSA) is 67.8 Å². The number of phenolic OH excluding ortho intramolecular Hbond substituents is 1. The SMILES string of the molecule is Cc1sc(-c2ccccc2)cc1C1=C(C(=C(C#N)C#N)c2ccc(O)cc2)C(F)(F)C(F)(F)C1(F)F. The number of aryl methyl sites for hydroxylation is 1. The monoisotopic (exact) mass is 516 g/mol. The number of nitrogens with zero attached hydrogens (tertiary/aromatic N) is 2. The number of hydrogen-bond donors (Lipinski definition) is 1. The quantitative estimate of drug-likeness (QED) is 0.287. The van der Waals surface area contributed by atoms with Gasteiger partial charge in [0.1, 0.15) is 23.5 Å². The molecule has 0 unspecified atom stereocenters. The van der Waals surface area contributed by atoms with Crippen LogP contribution in [-0.2, 0) is 0 Å². The Bertz CT molecular complexity index is 1470. The molecule has 0 spiro atoms. The maximum absolute atomic E-state index is 15.3. The fraction of sp³-hybridized carbons (Fsp3) is 0.154. The normalized spacial score (nSPS) is 17.4. The van der Waals surface area contributed by atoms with Crippen LogP contribution in [0.4, 0.5) is 26.3 Å². The number of hydrogen-bond acceptors (Lipinski definition) is 4. The summed E-state index contributed by atoms with van der Waals surface area (Å²) in [6, 6.07) is 16.1. The van der Waals surface area contributed by atoms with Gasteiger partial charge in [0.25, 0.3) is 0 Å². The molecule has 3 aromatic rings. The molecule has 0 atom stereocenters. The molecule has 2 aromatic carbocycles. The first-order valence-corrected chi connectivity index (χ1v) is 11.1. The zero-order chi connectivity index (χ0) is 26.5. The molecule has 1 heterocycles. The molecule has 10 heteroatoms. The Balaban J connectivity index is 2.15. The summed E-state index contributed by atoms with van der Waals surface area (Å²) in [5.41, 5.74) is -5.93. The predicted molar refractivity (Wildman–Crippen MR) is 123 cm³/mol. The minimum absolute atomic E-state index is 0.0649. The summed E-state index contributed by atoms with van der Waals surface area (Å²) in [4.78, 5) is 0.440. The molecular weight excluding hydrogens is 502 g/mol. The number of phenols is 1. The molecule has 0 amide bonds. The third kappa shape index (κ3) is 3.57. The molecule has 0 saturated carbocycles. The van der Waals surface area contributed by atoms with Crippen LogP contribution in [0.15, 0.2) is 71.8 Å². The highest BCUT2D eigenvalue weighted by atomic mass is 32.1. The number of allylic oxidation sites excluding steroid dienone is 4. The molecule has 0 fully saturated rings. The molecule has 3 nitrogen and oxygen atoms in total. The van der Waals surface area contributed by atoms with Crippen LogP contribution in [0.5, 0.6) is 5.75 Å². The molecule has 0 radical (unpaired) electrons. The van der Waals surface area contributed by atoms with Crippen molar-refractivity contribution in [3.8, 4) is 28.3 Å². The summed E-state index contributed by atoms with van der Waals surface area (Å²) in [6.45, 7) is 1.33. The standard InChI is InChI=1S/C26H14F6N2OS/c1-14-19(11-20(36-14)15-5-3-2-4-6-15)22-23(25(29,30)26(31,32)24(22,27)28)21(17(12-33)13-34)16-7-9-18(35)10-8-16/h2-11,35H,1H3. The van der Waals surface area contributed by atoms with Crippen LogP contribution in [0, 0.1) is 29.6 Å². The molecule has 0 aliphatic heterocycles. The van der Waals surface area contributed by atoms with E-state index in [4.69, 9.17) is 0 Å². The summed E-state index contributed by atoms with van der Waals surface area (Å²) in [6.07, 6.45) is 0. The summed E-state index contributed by atoms with van der Waals surface area (Å²) >= 11 is 0.950. The summed E-state index contributed by atoms with van der Waals surface area (Å²) in [5.74, 6) is -17.0. The predicted octanol–water partition coefficient (Wildman–Crippen LogP) is 7.60. The van der Waals surface area contributed by atoms with Crippen LogP contribution in [0.25, 0.3) is 21.6 Å². The maximum atomic E-state index is 15.3. The van der Waals surface area contributed by atoms with Crippen molar-refractivity contribution in [2.45, 2.75) is 24.7 Å². The van der Waals surface area contributed by atoms with E-state index < -0.39 is 45.6 Å². The number of benzene rings is 2. The molecule has 0 saturated heterocycles. The second kappa shape index (κ2) is 8.58. The lowest BCUT2D eigenvalue weighted by atomic mass is 9.87. The number of nitriles is 2. The molecular formula is C26H14F6N2OS. The smallest absolute Gasteiger partial charge is 0.380 e. The van der Waals surface area contributed by atoms with Crippen molar-refractivity contribution in [2.24, 2.45) is 0 Å². The first-order valence-electron chi connectivity index (χ1n) is 10.3. The lowest BCUT2D eigenvalue weighted by Crippen LogP contribution is -2.49. The van der Waals surface area contributed by atoms with E-state index >= 15 is 17.6 Å². The fourth-order valence-corrected chi connectivity index (χ4v) is 5.10. The molecule has 1 aliphatic carbocycles. The number of alkyl halides is 6. The van der Waals surface area contributed by atoms with E-state index in [1.165, 1.54) is 19.1 Å². The first kappa shape index (κ1) is 25.1. The Morgan fingerprint density at radius 3 is 2.00 bits per heavy atom. The van der Waals surface area contributed by atoms with E-state index in [0.717, 1.165) is 41.7 Å². The van der Waals surface area contributed by atoms with Crippen LogP contribution in [0.2, 0.25) is 0 Å². The van der Waals surface area contributed by atoms with Crippen LogP contribution < -0.4 is 0 Å². The van der Waals surface area contributed by atoms with E-state index in [1.807, 2.05) is 0 Å². The van der Waals surface area contributed by atoms with Gasteiger partial charge in [0.05, 0.1) is 0 Å². The number of halogens is 6. The van der Waals surface area contributed by atoms with Gasteiger partial charge in [-0.3, -0.25) is 0 Å². The molecule has 1 aliphatic rings. The first-order chi connectivity index (χ1) is 16.9. The zero-order valence-electron chi connectivity index (χ0n) is 18.3. The average Bonchev–Trinajstić information content (AvgIpc) is 3.26. The van der Waals surface area contributed by atoms with Gasteiger partial charge in [-0.2, -0.15) is 36.9 Å². The Morgan fingerprint density at radius 2 is 1.44 bits per heavy atom. The van der Waals surface area contributed by atoms with Crippen LogP contribution >= 0.6 is 11.3 Å². The van der Waals surface area contributed by atoms with Crippen molar-refractivity contribution in [1.82, 2.24) is 0 Å². The minimum atomic E-state index is -5.86. The van der Waals surface area contributed by atoms with E-state index in [0.29, 0.717) is 10.4 Å². The summed E-state index contributed by atoms with van der Waals surface area (Å²) in [5, 5.41) is 28.5. The lowest BCUT2D eigenvalue weighted by Gasteiger charge is -2.26. The number of aromatic hydroxyl groups is 1. The third-order valence-electron chi connectivity index (χ3n) is 5.79. The second-order valence-electron chi connectivity index (χ2n) is 7.94.